The minimum atomic E-state index is -0.331. The molecule has 2 rings (SSSR count). The van der Waals surface area contributed by atoms with Gasteiger partial charge in [0, 0.05) is 6.92 Å². The van der Waals surface area contributed by atoms with Gasteiger partial charge >= 0.3 is 0 Å². The molecule has 1 N–H and O–H groups in total. The average molecular weight is 304 g/mol. The highest BCUT2D eigenvalue weighted by molar-refractivity contribution is 8.26. The molecule has 1 aliphatic rings. The van der Waals surface area contributed by atoms with E-state index >= 15 is 0 Å². The van der Waals surface area contributed by atoms with Crippen LogP contribution >= 0.6 is 24.0 Å². The molecule has 1 aromatic carbocycles. The molecule has 0 unspecified atom stereocenters. The number of nitrogens with zero attached hydrogens (tertiary/aromatic N) is 1. The molecule has 0 atom stereocenters. The molecule has 1 fully saturated rings. The Kier molecular flexibility index (Phi) is 4.70. The third-order valence-corrected chi connectivity index (χ3v) is 3.72. The van der Waals surface area contributed by atoms with Crippen molar-refractivity contribution in [1.29, 1.82) is 0 Å². The Hall–Kier alpha value is -1.92. The number of amides is 2. The molecule has 6 heteroatoms. The highest BCUT2D eigenvalue weighted by Crippen LogP contribution is 2.29. The molecule has 102 valence electrons. The second-order valence-electron chi connectivity index (χ2n) is 3.98. The maximum Gasteiger partial charge on any atom is 0.285 e. The number of allylic oxidation sites excluding steroid dienone is 2. The molecule has 1 heterocycles. The summed E-state index contributed by atoms with van der Waals surface area (Å²) in [7, 11) is 0. The molecule has 1 aliphatic heterocycles. The van der Waals surface area contributed by atoms with E-state index in [0.29, 0.717) is 9.23 Å². The van der Waals surface area contributed by atoms with Gasteiger partial charge in [0.15, 0.2) is 4.32 Å². The zero-order chi connectivity index (χ0) is 14.5. The molecule has 4 nitrogen and oxygen atoms in total. The van der Waals surface area contributed by atoms with E-state index in [4.69, 9.17) is 12.2 Å². The molecule has 1 saturated heterocycles. The molecular weight excluding hydrogens is 292 g/mol. The number of carbonyl (C=O) groups excluding carboxylic acids is 2. The quantitative estimate of drug-likeness (QED) is 0.688. The molecule has 0 spiro atoms. The van der Waals surface area contributed by atoms with E-state index in [-0.39, 0.29) is 11.8 Å². The van der Waals surface area contributed by atoms with Gasteiger partial charge in [-0.1, -0.05) is 54.2 Å². The van der Waals surface area contributed by atoms with Crippen LogP contribution in [-0.4, -0.2) is 21.1 Å². The molecule has 0 saturated carbocycles. The zero-order valence-corrected chi connectivity index (χ0v) is 12.3. The van der Waals surface area contributed by atoms with Crippen molar-refractivity contribution in [2.45, 2.75) is 6.92 Å². The van der Waals surface area contributed by atoms with Crippen molar-refractivity contribution in [2.24, 2.45) is 0 Å². The lowest BCUT2D eigenvalue weighted by atomic mass is 10.2. The Balaban J connectivity index is 2.08. The van der Waals surface area contributed by atoms with E-state index in [1.54, 1.807) is 12.2 Å². The van der Waals surface area contributed by atoms with Gasteiger partial charge < -0.3 is 0 Å². The van der Waals surface area contributed by atoms with Crippen LogP contribution < -0.4 is 5.43 Å². The predicted octanol–water partition coefficient (Wildman–Crippen LogP) is 2.50. The maximum atomic E-state index is 12.0. The first-order chi connectivity index (χ1) is 9.58. The van der Waals surface area contributed by atoms with Gasteiger partial charge in [-0.05, 0) is 23.9 Å². The summed E-state index contributed by atoms with van der Waals surface area (Å²) in [6.07, 6.45) is 5.37. The predicted molar refractivity (Wildman–Crippen MR) is 84.4 cm³/mol. The number of hydrogen-bond acceptors (Lipinski definition) is 4. The van der Waals surface area contributed by atoms with Crippen LogP contribution in [0.1, 0.15) is 12.5 Å². The summed E-state index contributed by atoms with van der Waals surface area (Å²) in [5.41, 5.74) is 3.44. The largest absolute Gasteiger partial charge is 0.285 e. The summed E-state index contributed by atoms with van der Waals surface area (Å²) in [6.45, 7) is 1.33. The second kappa shape index (κ2) is 6.49. The third-order valence-electron chi connectivity index (χ3n) is 2.40. The molecule has 0 radical (unpaired) electrons. The fourth-order valence-electron chi connectivity index (χ4n) is 1.55. The molecule has 0 aromatic heterocycles. The Labute approximate surface area is 126 Å². The van der Waals surface area contributed by atoms with Crippen LogP contribution in [0, 0.1) is 0 Å². The number of hydrogen-bond donors (Lipinski definition) is 1. The summed E-state index contributed by atoms with van der Waals surface area (Å²) in [5.74, 6) is -0.643. The van der Waals surface area contributed by atoms with Gasteiger partial charge in [-0.15, -0.1) is 0 Å². The van der Waals surface area contributed by atoms with Gasteiger partial charge in [0.2, 0.25) is 5.91 Å². The van der Waals surface area contributed by atoms with Crippen molar-refractivity contribution in [3.05, 3.63) is 53.0 Å². The standard InChI is InChI=1S/C14H12N2O2S2/c1-10(17)15-16-13(18)12(20-14(16)19)9-5-8-11-6-3-2-4-7-11/h2-9H,1H3,(H,15,17)/b8-5+,12-9-. The lowest BCUT2D eigenvalue weighted by Gasteiger charge is -2.13. The monoisotopic (exact) mass is 304 g/mol. The van der Waals surface area contributed by atoms with Gasteiger partial charge in [0.05, 0.1) is 4.91 Å². The lowest BCUT2D eigenvalue weighted by molar-refractivity contribution is -0.132. The van der Waals surface area contributed by atoms with Crippen LogP contribution in [0.2, 0.25) is 0 Å². The third kappa shape index (κ3) is 3.55. The van der Waals surface area contributed by atoms with Crippen LogP contribution in [0.3, 0.4) is 0 Å². The first kappa shape index (κ1) is 14.5. The molecule has 20 heavy (non-hydrogen) atoms. The number of hydrazine groups is 1. The summed E-state index contributed by atoms with van der Waals surface area (Å²) >= 11 is 6.21. The average Bonchev–Trinajstić information content (AvgIpc) is 2.67. The fourth-order valence-corrected chi connectivity index (χ4v) is 2.68. The molecule has 1 aromatic rings. The minimum absolute atomic E-state index is 0.312. The van der Waals surface area contributed by atoms with E-state index in [2.05, 4.69) is 5.43 Å². The second-order valence-corrected chi connectivity index (χ2v) is 5.65. The van der Waals surface area contributed by atoms with Gasteiger partial charge in [-0.2, -0.15) is 5.01 Å². The molecule has 0 aliphatic carbocycles. The summed E-state index contributed by atoms with van der Waals surface area (Å²) < 4.78 is 0.324. The maximum absolute atomic E-state index is 12.0. The van der Waals surface area contributed by atoms with Gasteiger partial charge in [-0.3, -0.25) is 15.0 Å². The van der Waals surface area contributed by atoms with E-state index in [1.807, 2.05) is 36.4 Å². The van der Waals surface area contributed by atoms with E-state index in [1.165, 1.54) is 6.92 Å². The SMILES string of the molecule is CC(=O)NN1C(=O)/C(=C/C=C/c2ccccc2)SC1=S. The van der Waals surface area contributed by atoms with Gasteiger partial charge in [-0.25, -0.2) is 0 Å². The van der Waals surface area contributed by atoms with Crippen molar-refractivity contribution >= 4 is 46.2 Å². The Morgan fingerprint density at radius 1 is 1.35 bits per heavy atom. The molecular formula is C14H12N2O2S2. The number of carbonyl (C=O) groups is 2. The number of rotatable bonds is 3. The number of thioether (sulfide) groups is 1. The Bertz CT molecular complexity index is 609. The molecule has 2 amide bonds. The molecule has 0 bridgehead atoms. The van der Waals surface area contributed by atoms with Crippen LogP contribution in [0.5, 0.6) is 0 Å². The Morgan fingerprint density at radius 2 is 2.05 bits per heavy atom. The topological polar surface area (TPSA) is 49.4 Å². The van der Waals surface area contributed by atoms with E-state index in [9.17, 15) is 9.59 Å². The van der Waals surface area contributed by atoms with Gasteiger partial charge in [0.1, 0.15) is 0 Å². The number of thiocarbonyl (C=S) groups is 1. The van der Waals surface area contributed by atoms with E-state index < -0.39 is 0 Å². The Morgan fingerprint density at radius 3 is 2.70 bits per heavy atom. The fraction of sp³-hybridized carbons (Fsp3) is 0.0714. The van der Waals surface area contributed by atoms with Crippen molar-refractivity contribution in [1.82, 2.24) is 10.4 Å². The normalized spacial score (nSPS) is 17.2. The zero-order valence-electron chi connectivity index (χ0n) is 10.7. The highest BCUT2D eigenvalue weighted by Gasteiger charge is 2.32. The van der Waals surface area contributed by atoms with Crippen molar-refractivity contribution < 1.29 is 9.59 Å². The first-order valence-corrected chi connectivity index (χ1v) is 7.07. The van der Waals surface area contributed by atoms with Gasteiger partial charge in [0.25, 0.3) is 5.91 Å². The van der Waals surface area contributed by atoms with E-state index in [0.717, 1.165) is 22.3 Å². The van der Waals surface area contributed by atoms with Crippen molar-refractivity contribution in [3.8, 4) is 0 Å². The van der Waals surface area contributed by atoms with Crippen molar-refractivity contribution in [3.63, 3.8) is 0 Å². The number of benzene rings is 1. The summed E-state index contributed by atoms with van der Waals surface area (Å²) in [4.78, 5) is 23.5. The van der Waals surface area contributed by atoms with Crippen LogP contribution in [0.4, 0.5) is 0 Å². The minimum Gasteiger partial charge on any atom is -0.274 e. The van der Waals surface area contributed by atoms with Crippen LogP contribution in [-0.2, 0) is 9.59 Å². The lowest BCUT2D eigenvalue weighted by Crippen LogP contribution is -2.43. The van der Waals surface area contributed by atoms with Crippen LogP contribution in [0.15, 0.2) is 47.4 Å². The summed E-state index contributed by atoms with van der Waals surface area (Å²) in [5, 5.41) is 1.09. The smallest absolute Gasteiger partial charge is 0.274 e. The first-order valence-electron chi connectivity index (χ1n) is 5.85. The highest BCUT2D eigenvalue weighted by atomic mass is 32.2. The van der Waals surface area contributed by atoms with Crippen LogP contribution in [0.25, 0.3) is 6.08 Å². The summed E-state index contributed by atoms with van der Waals surface area (Å²) in [6, 6.07) is 9.75. The van der Waals surface area contributed by atoms with Crippen molar-refractivity contribution in [2.75, 3.05) is 0 Å². The number of nitrogens with one attached hydrogen (secondary N) is 1.